The molecular formula is C28H29ClN2O4S. The van der Waals surface area contributed by atoms with Crippen molar-refractivity contribution in [2.24, 2.45) is 5.92 Å². The number of imidazole rings is 1. The van der Waals surface area contributed by atoms with Gasteiger partial charge in [-0.3, -0.25) is 0 Å². The van der Waals surface area contributed by atoms with Gasteiger partial charge >= 0.3 is 0 Å². The molecule has 1 fully saturated rings. The highest BCUT2D eigenvalue weighted by Gasteiger charge is 2.29. The molecule has 0 spiro atoms. The Morgan fingerprint density at radius 2 is 1.81 bits per heavy atom. The SMILES string of the molecule is CC(C)Oc1ccccc1-c1cc2nc(C(CO)c3ccc(S(=O)(=O)CC4CC4)cc3)[nH]c2cc1Cl. The minimum Gasteiger partial charge on any atom is -0.490 e. The molecule has 8 heteroatoms. The molecule has 1 heterocycles. The fraction of sp³-hybridized carbons (Fsp3) is 0.321. The lowest BCUT2D eigenvalue weighted by molar-refractivity contribution is 0.243. The lowest BCUT2D eigenvalue weighted by Gasteiger charge is -2.15. The monoisotopic (exact) mass is 524 g/mol. The van der Waals surface area contributed by atoms with Gasteiger partial charge in [0.15, 0.2) is 9.84 Å². The van der Waals surface area contributed by atoms with Gasteiger partial charge in [0.2, 0.25) is 0 Å². The van der Waals surface area contributed by atoms with E-state index in [0.29, 0.717) is 21.3 Å². The average molecular weight is 525 g/mol. The number of rotatable bonds is 9. The first kappa shape index (κ1) is 24.8. The molecule has 188 valence electrons. The highest BCUT2D eigenvalue weighted by Crippen LogP contribution is 2.38. The third kappa shape index (κ3) is 5.14. The molecular weight excluding hydrogens is 496 g/mol. The van der Waals surface area contributed by atoms with Crippen LogP contribution < -0.4 is 4.74 Å². The Morgan fingerprint density at radius 3 is 2.47 bits per heavy atom. The van der Waals surface area contributed by atoms with Gasteiger partial charge in [0.25, 0.3) is 0 Å². The topological polar surface area (TPSA) is 92.3 Å². The molecule has 0 aliphatic heterocycles. The Balaban J connectivity index is 1.47. The molecule has 1 aromatic heterocycles. The van der Waals surface area contributed by atoms with Gasteiger partial charge in [0.1, 0.15) is 11.6 Å². The van der Waals surface area contributed by atoms with Crippen LogP contribution in [0.4, 0.5) is 0 Å². The van der Waals surface area contributed by atoms with Crippen molar-refractivity contribution in [1.29, 1.82) is 0 Å². The molecule has 0 bridgehead atoms. The van der Waals surface area contributed by atoms with E-state index in [1.165, 1.54) is 0 Å². The van der Waals surface area contributed by atoms with Crippen LogP contribution in [0.15, 0.2) is 65.6 Å². The van der Waals surface area contributed by atoms with Gasteiger partial charge in [0, 0.05) is 11.1 Å². The number of H-pyrrole nitrogens is 1. The molecule has 1 unspecified atom stereocenters. The van der Waals surface area contributed by atoms with Crippen LogP contribution in [0, 0.1) is 5.92 Å². The summed E-state index contributed by atoms with van der Waals surface area (Å²) in [5, 5.41) is 10.8. The number of hydrogen-bond donors (Lipinski definition) is 2. The number of ether oxygens (including phenoxy) is 1. The second-order valence-electron chi connectivity index (χ2n) is 9.66. The zero-order chi connectivity index (χ0) is 25.4. The molecule has 3 aromatic carbocycles. The molecule has 1 aliphatic rings. The molecule has 1 saturated carbocycles. The summed E-state index contributed by atoms with van der Waals surface area (Å²) in [6, 6.07) is 18.3. The number of aliphatic hydroxyl groups is 1. The zero-order valence-electron chi connectivity index (χ0n) is 20.2. The predicted molar refractivity (Wildman–Crippen MR) is 142 cm³/mol. The van der Waals surface area contributed by atoms with Crippen LogP contribution in [0.2, 0.25) is 5.02 Å². The van der Waals surface area contributed by atoms with Gasteiger partial charge in [-0.25, -0.2) is 13.4 Å². The van der Waals surface area contributed by atoms with Gasteiger partial charge in [-0.05, 0) is 68.5 Å². The summed E-state index contributed by atoms with van der Waals surface area (Å²) < 4.78 is 31.2. The van der Waals surface area contributed by atoms with Crippen LogP contribution in [0.1, 0.15) is 44.0 Å². The third-order valence-corrected chi connectivity index (χ3v) is 8.65. The summed E-state index contributed by atoms with van der Waals surface area (Å²) in [4.78, 5) is 8.37. The standard InChI is InChI=1S/C28H29ClN2O4S/c1-17(2)35-27-6-4-3-5-21(27)22-13-25-26(14-24(22)29)31-28(30-25)23(15-32)19-9-11-20(12-10-19)36(33,34)16-18-7-8-18/h3-6,9-14,17-18,23,32H,7-8,15-16H2,1-2H3,(H,30,31). The number of nitrogens with one attached hydrogen (secondary N) is 1. The number of benzene rings is 3. The normalized spacial score (nSPS) is 14.9. The van der Waals surface area contributed by atoms with E-state index in [-0.39, 0.29) is 24.4 Å². The van der Waals surface area contributed by atoms with E-state index >= 15 is 0 Å². The number of aliphatic hydroxyl groups excluding tert-OH is 1. The Bertz CT molecular complexity index is 1490. The molecule has 0 saturated heterocycles. The number of aromatic amines is 1. The van der Waals surface area contributed by atoms with Crippen molar-refractivity contribution in [3.05, 3.63) is 77.1 Å². The maximum atomic E-state index is 12.6. The number of aromatic nitrogens is 2. The van der Waals surface area contributed by atoms with E-state index in [0.717, 1.165) is 40.8 Å². The van der Waals surface area contributed by atoms with Crippen LogP contribution in [-0.2, 0) is 9.84 Å². The Kier molecular flexibility index (Phi) is 6.81. The van der Waals surface area contributed by atoms with Gasteiger partial charge in [-0.2, -0.15) is 0 Å². The van der Waals surface area contributed by atoms with E-state index in [2.05, 4.69) is 4.98 Å². The number of sulfone groups is 1. The molecule has 36 heavy (non-hydrogen) atoms. The summed E-state index contributed by atoms with van der Waals surface area (Å²) in [6.07, 6.45) is 1.99. The fourth-order valence-electron chi connectivity index (χ4n) is 4.42. The molecule has 1 aliphatic carbocycles. The van der Waals surface area contributed by atoms with E-state index < -0.39 is 15.8 Å². The minimum absolute atomic E-state index is 0.0195. The van der Waals surface area contributed by atoms with Gasteiger partial charge in [-0.15, -0.1) is 0 Å². The molecule has 4 aromatic rings. The van der Waals surface area contributed by atoms with Crippen LogP contribution in [0.5, 0.6) is 5.75 Å². The molecule has 6 nitrogen and oxygen atoms in total. The second-order valence-corrected chi connectivity index (χ2v) is 12.1. The molecule has 1 atom stereocenters. The van der Waals surface area contributed by atoms with Crippen molar-refractivity contribution in [1.82, 2.24) is 9.97 Å². The minimum atomic E-state index is -3.29. The van der Waals surface area contributed by atoms with Crippen LogP contribution in [-0.4, -0.2) is 42.0 Å². The third-order valence-electron chi connectivity index (χ3n) is 6.44. The van der Waals surface area contributed by atoms with Crippen molar-refractivity contribution in [2.75, 3.05) is 12.4 Å². The van der Waals surface area contributed by atoms with Gasteiger partial charge in [-0.1, -0.05) is 41.9 Å². The van der Waals surface area contributed by atoms with Crippen molar-refractivity contribution in [3.8, 4) is 16.9 Å². The molecule has 0 amide bonds. The summed E-state index contributed by atoms with van der Waals surface area (Å²) in [5.41, 5.74) is 3.94. The van der Waals surface area contributed by atoms with Gasteiger partial charge in [0.05, 0.1) is 45.3 Å². The Morgan fingerprint density at radius 1 is 1.08 bits per heavy atom. The first-order chi connectivity index (χ1) is 17.2. The van der Waals surface area contributed by atoms with E-state index in [4.69, 9.17) is 21.3 Å². The molecule has 0 radical (unpaired) electrons. The van der Waals surface area contributed by atoms with Crippen molar-refractivity contribution in [3.63, 3.8) is 0 Å². The zero-order valence-corrected chi connectivity index (χ0v) is 21.8. The smallest absolute Gasteiger partial charge is 0.178 e. The lowest BCUT2D eigenvalue weighted by atomic mass is 9.99. The summed E-state index contributed by atoms with van der Waals surface area (Å²) >= 11 is 6.68. The lowest BCUT2D eigenvalue weighted by Crippen LogP contribution is -2.10. The van der Waals surface area contributed by atoms with Crippen LogP contribution in [0.3, 0.4) is 0 Å². The summed E-state index contributed by atoms with van der Waals surface area (Å²) in [6.45, 7) is 3.77. The second kappa shape index (κ2) is 9.88. The van der Waals surface area contributed by atoms with Crippen molar-refractivity contribution < 1.29 is 18.3 Å². The van der Waals surface area contributed by atoms with E-state index in [9.17, 15) is 13.5 Å². The Labute approximate surface area is 216 Å². The number of hydrogen-bond acceptors (Lipinski definition) is 5. The number of fused-ring (bicyclic) bond motifs is 1. The Hall–Kier alpha value is -2.87. The van der Waals surface area contributed by atoms with Crippen LogP contribution >= 0.6 is 11.6 Å². The van der Waals surface area contributed by atoms with Crippen molar-refractivity contribution >= 4 is 32.5 Å². The highest BCUT2D eigenvalue weighted by atomic mass is 35.5. The molecule has 5 rings (SSSR count). The predicted octanol–water partition coefficient (Wildman–Crippen LogP) is 5.98. The first-order valence-electron chi connectivity index (χ1n) is 12.1. The van der Waals surface area contributed by atoms with Gasteiger partial charge < -0.3 is 14.8 Å². The highest BCUT2D eigenvalue weighted by molar-refractivity contribution is 7.91. The number of para-hydroxylation sites is 1. The fourth-order valence-corrected chi connectivity index (χ4v) is 6.38. The summed E-state index contributed by atoms with van der Waals surface area (Å²) in [7, 11) is -3.29. The van der Waals surface area contributed by atoms with Crippen molar-refractivity contribution in [2.45, 2.75) is 43.6 Å². The quantitative estimate of drug-likeness (QED) is 0.281. The van der Waals surface area contributed by atoms with E-state index in [1.54, 1.807) is 24.3 Å². The summed E-state index contributed by atoms with van der Waals surface area (Å²) in [5.74, 6) is 1.39. The molecule has 2 N–H and O–H groups in total. The van der Waals surface area contributed by atoms with Crippen LogP contribution in [0.25, 0.3) is 22.2 Å². The number of nitrogens with zero attached hydrogens (tertiary/aromatic N) is 1. The largest absolute Gasteiger partial charge is 0.490 e. The average Bonchev–Trinajstić information content (AvgIpc) is 3.55. The number of halogens is 1. The maximum Gasteiger partial charge on any atom is 0.178 e. The first-order valence-corrected chi connectivity index (χ1v) is 14.2. The maximum absolute atomic E-state index is 12.6. The van der Waals surface area contributed by atoms with E-state index in [1.807, 2.05) is 50.2 Å².